The Bertz CT molecular complexity index is 845. The zero-order chi connectivity index (χ0) is 14.9. The molecule has 0 aliphatic carbocycles. The molecule has 0 spiro atoms. The van der Waals surface area contributed by atoms with Crippen molar-refractivity contribution < 1.29 is 9.15 Å². The SMILES string of the molecule is O=c1[nH]c2ccc(-c3csc(NCC4CCCO4)n3)cc2o1. The van der Waals surface area contributed by atoms with Crippen LogP contribution in [0.15, 0.2) is 32.8 Å². The van der Waals surface area contributed by atoms with Crippen molar-refractivity contribution in [3.8, 4) is 11.3 Å². The van der Waals surface area contributed by atoms with Crippen LogP contribution >= 0.6 is 11.3 Å². The zero-order valence-corrected chi connectivity index (χ0v) is 12.6. The molecular formula is C15H15N3O3S. The lowest BCUT2D eigenvalue weighted by atomic mass is 10.1. The maximum atomic E-state index is 11.2. The molecule has 1 aliphatic rings. The summed E-state index contributed by atoms with van der Waals surface area (Å²) in [7, 11) is 0. The number of hydrogen-bond donors (Lipinski definition) is 2. The topological polar surface area (TPSA) is 80.2 Å². The van der Waals surface area contributed by atoms with Crippen LogP contribution in [0.1, 0.15) is 12.8 Å². The summed E-state index contributed by atoms with van der Waals surface area (Å²) in [5.74, 6) is -0.440. The molecule has 114 valence electrons. The second-order valence-electron chi connectivity index (χ2n) is 5.28. The lowest BCUT2D eigenvalue weighted by Gasteiger charge is -2.09. The van der Waals surface area contributed by atoms with Gasteiger partial charge in [0.1, 0.15) is 0 Å². The van der Waals surface area contributed by atoms with Crippen LogP contribution in [0.25, 0.3) is 22.4 Å². The number of ether oxygens (including phenoxy) is 1. The first-order chi connectivity index (χ1) is 10.8. The Hall–Kier alpha value is -2.12. The molecule has 0 saturated carbocycles. The fraction of sp³-hybridized carbons (Fsp3) is 0.333. The van der Waals surface area contributed by atoms with Gasteiger partial charge in [0, 0.05) is 24.1 Å². The van der Waals surface area contributed by atoms with Gasteiger partial charge in [-0.3, -0.25) is 4.98 Å². The minimum Gasteiger partial charge on any atom is -0.408 e. The minimum atomic E-state index is -0.440. The van der Waals surface area contributed by atoms with E-state index in [1.165, 1.54) is 0 Å². The van der Waals surface area contributed by atoms with Gasteiger partial charge in [-0.1, -0.05) is 6.07 Å². The minimum absolute atomic E-state index is 0.290. The molecule has 0 radical (unpaired) electrons. The highest BCUT2D eigenvalue weighted by atomic mass is 32.1. The predicted octanol–water partition coefficient (Wildman–Crippen LogP) is 2.84. The third-order valence-corrected chi connectivity index (χ3v) is 4.53. The summed E-state index contributed by atoms with van der Waals surface area (Å²) in [5.41, 5.74) is 3.03. The zero-order valence-electron chi connectivity index (χ0n) is 11.8. The van der Waals surface area contributed by atoms with E-state index in [9.17, 15) is 4.79 Å². The molecule has 1 saturated heterocycles. The summed E-state index contributed by atoms with van der Waals surface area (Å²) in [4.78, 5) is 18.4. The van der Waals surface area contributed by atoms with Crippen molar-refractivity contribution in [2.24, 2.45) is 0 Å². The molecule has 4 rings (SSSR count). The van der Waals surface area contributed by atoms with Crippen LogP contribution in [0.4, 0.5) is 5.13 Å². The van der Waals surface area contributed by atoms with Crippen LogP contribution in [0.2, 0.25) is 0 Å². The fourth-order valence-electron chi connectivity index (χ4n) is 2.60. The molecule has 1 aromatic carbocycles. The predicted molar refractivity (Wildman–Crippen MR) is 85.4 cm³/mol. The molecule has 2 aromatic heterocycles. The highest BCUT2D eigenvalue weighted by molar-refractivity contribution is 7.14. The van der Waals surface area contributed by atoms with Gasteiger partial charge >= 0.3 is 5.76 Å². The maximum Gasteiger partial charge on any atom is 0.417 e. The normalized spacial score (nSPS) is 18.1. The molecule has 3 heterocycles. The quantitative estimate of drug-likeness (QED) is 0.773. The fourth-order valence-corrected chi connectivity index (χ4v) is 3.33. The third-order valence-electron chi connectivity index (χ3n) is 3.73. The second-order valence-corrected chi connectivity index (χ2v) is 6.14. The molecule has 1 atom stereocenters. The van der Waals surface area contributed by atoms with Gasteiger partial charge in [-0.25, -0.2) is 9.78 Å². The molecule has 1 aliphatic heterocycles. The first-order valence-electron chi connectivity index (χ1n) is 7.22. The Balaban J connectivity index is 1.52. The molecule has 6 nitrogen and oxygen atoms in total. The molecule has 0 amide bonds. The highest BCUT2D eigenvalue weighted by Crippen LogP contribution is 2.27. The number of aromatic nitrogens is 2. The first kappa shape index (κ1) is 13.5. The lowest BCUT2D eigenvalue weighted by molar-refractivity contribution is 0.120. The number of rotatable bonds is 4. The Labute approximate surface area is 130 Å². The van der Waals surface area contributed by atoms with Gasteiger partial charge in [-0.05, 0) is 25.0 Å². The van der Waals surface area contributed by atoms with E-state index >= 15 is 0 Å². The van der Waals surface area contributed by atoms with Crippen molar-refractivity contribution >= 4 is 27.6 Å². The summed E-state index contributed by atoms with van der Waals surface area (Å²) >= 11 is 1.56. The van der Waals surface area contributed by atoms with Crippen LogP contribution in [-0.4, -0.2) is 29.2 Å². The van der Waals surface area contributed by atoms with Crippen molar-refractivity contribution in [1.82, 2.24) is 9.97 Å². The Morgan fingerprint density at radius 2 is 2.41 bits per heavy atom. The van der Waals surface area contributed by atoms with Gasteiger partial charge in [0.05, 0.1) is 17.3 Å². The average Bonchev–Trinajstić information content (AvgIpc) is 3.24. The van der Waals surface area contributed by atoms with E-state index in [1.54, 1.807) is 11.3 Å². The summed E-state index contributed by atoms with van der Waals surface area (Å²) in [6, 6.07) is 5.58. The van der Waals surface area contributed by atoms with Crippen LogP contribution in [0.5, 0.6) is 0 Å². The number of oxazole rings is 1. The van der Waals surface area contributed by atoms with E-state index in [0.717, 1.165) is 42.4 Å². The number of benzene rings is 1. The summed E-state index contributed by atoms with van der Waals surface area (Å²) in [5, 5.41) is 6.19. The number of H-pyrrole nitrogens is 1. The van der Waals surface area contributed by atoms with Gasteiger partial charge in [-0.15, -0.1) is 11.3 Å². The maximum absolute atomic E-state index is 11.2. The number of aromatic amines is 1. The summed E-state index contributed by atoms with van der Waals surface area (Å²) in [6.07, 6.45) is 2.53. The number of nitrogens with one attached hydrogen (secondary N) is 2. The van der Waals surface area contributed by atoms with Crippen LogP contribution < -0.4 is 11.1 Å². The number of nitrogens with zero attached hydrogens (tertiary/aromatic N) is 1. The van der Waals surface area contributed by atoms with E-state index in [-0.39, 0.29) is 6.10 Å². The van der Waals surface area contributed by atoms with Crippen molar-refractivity contribution in [3.63, 3.8) is 0 Å². The van der Waals surface area contributed by atoms with Crippen LogP contribution in [-0.2, 0) is 4.74 Å². The Kier molecular flexibility index (Phi) is 3.44. The number of fused-ring (bicyclic) bond motifs is 1. The van der Waals surface area contributed by atoms with E-state index in [0.29, 0.717) is 11.1 Å². The molecule has 2 N–H and O–H groups in total. The van der Waals surface area contributed by atoms with Crippen molar-refractivity contribution in [2.45, 2.75) is 18.9 Å². The molecular weight excluding hydrogens is 302 g/mol. The van der Waals surface area contributed by atoms with E-state index in [4.69, 9.17) is 9.15 Å². The summed E-state index contributed by atoms with van der Waals surface area (Å²) in [6.45, 7) is 1.65. The van der Waals surface area contributed by atoms with Crippen LogP contribution in [0.3, 0.4) is 0 Å². The van der Waals surface area contributed by atoms with Gasteiger partial charge in [0.15, 0.2) is 10.7 Å². The number of anilines is 1. The second kappa shape index (κ2) is 5.58. The highest BCUT2D eigenvalue weighted by Gasteiger charge is 2.15. The molecule has 1 unspecified atom stereocenters. The van der Waals surface area contributed by atoms with Gasteiger partial charge < -0.3 is 14.5 Å². The van der Waals surface area contributed by atoms with Gasteiger partial charge in [0.2, 0.25) is 0 Å². The smallest absolute Gasteiger partial charge is 0.408 e. The first-order valence-corrected chi connectivity index (χ1v) is 8.10. The van der Waals surface area contributed by atoms with Crippen molar-refractivity contribution in [3.05, 3.63) is 34.1 Å². The van der Waals surface area contributed by atoms with E-state index < -0.39 is 5.76 Å². The largest absolute Gasteiger partial charge is 0.417 e. The monoisotopic (exact) mass is 317 g/mol. The van der Waals surface area contributed by atoms with Gasteiger partial charge in [-0.2, -0.15) is 0 Å². The molecule has 22 heavy (non-hydrogen) atoms. The van der Waals surface area contributed by atoms with Crippen molar-refractivity contribution in [2.75, 3.05) is 18.5 Å². The standard InChI is InChI=1S/C15H15N3O3S/c19-15-18-11-4-3-9(6-13(11)21-15)12-8-22-14(17-12)16-7-10-2-1-5-20-10/h3-4,6,8,10H,1-2,5,7H2,(H,16,17)(H,18,19). The lowest BCUT2D eigenvalue weighted by Crippen LogP contribution is -2.18. The average molecular weight is 317 g/mol. The Morgan fingerprint density at radius 3 is 3.27 bits per heavy atom. The number of thiazole rings is 1. The molecule has 1 fully saturated rings. The Morgan fingerprint density at radius 1 is 1.45 bits per heavy atom. The molecule has 7 heteroatoms. The number of hydrogen-bond acceptors (Lipinski definition) is 6. The van der Waals surface area contributed by atoms with Crippen LogP contribution in [0, 0.1) is 0 Å². The molecule has 0 bridgehead atoms. The van der Waals surface area contributed by atoms with E-state index in [2.05, 4.69) is 15.3 Å². The molecule has 3 aromatic rings. The van der Waals surface area contributed by atoms with Crippen molar-refractivity contribution in [1.29, 1.82) is 0 Å². The van der Waals surface area contributed by atoms with E-state index in [1.807, 2.05) is 23.6 Å². The summed E-state index contributed by atoms with van der Waals surface area (Å²) < 4.78 is 10.7. The third kappa shape index (κ3) is 2.65. The van der Waals surface area contributed by atoms with Gasteiger partial charge in [0.25, 0.3) is 0 Å².